The summed E-state index contributed by atoms with van der Waals surface area (Å²) in [4.78, 5) is 0. The molecule has 0 bridgehead atoms. The Bertz CT molecular complexity index is 527. The molecular formula is C16H20BrNOS. The topological polar surface area (TPSA) is 35.2 Å². The molecule has 2 rings (SSSR count). The third-order valence-corrected chi connectivity index (χ3v) is 4.48. The fraction of sp³-hybridized carbons (Fsp3) is 0.375. The van der Waals surface area contributed by atoms with Crippen LogP contribution in [0.25, 0.3) is 0 Å². The number of rotatable bonds is 7. The molecule has 2 N–H and O–H groups in total. The molecule has 1 heterocycles. The predicted molar refractivity (Wildman–Crippen MR) is 89.6 cm³/mol. The van der Waals surface area contributed by atoms with E-state index in [0.29, 0.717) is 6.61 Å². The van der Waals surface area contributed by atoms with E-state index in [1.165, 1.54) is 11.1 Å². The van der Waals surface area contributed by atoms with Crippen molar-refractivity contribution >= 4 is 27.3 Å². The van der Waals surface area contributed by atoms with Crippen LogP contribution in [-0.2, 0) is 12.8 Å². The van der Waals surface area contributed by atoms with Crippen LogP contribution in [0.5, 0.6) is 5.75 Å². The highest BCUT2D eigenvalue weighted by molar-refractivity contribution is 9.10. The second-order valence-corrected chi connectivity index (χ2v) is 6.55. The van der Waals surface area contributed by atoms with Crippen LogP contribution in [0.2, 0.25) is 0 Å². The van der Waals surface area contributed by atoms with Gasteiger partial charge in [-0.05, 0) is 59.0 Å². The second-order valence-electron chi connectivity index (χ2n) is 4.85. The van der Waals surface area contributed by atoms with Crippen molar-refractivity contribution in [1.82, 2.24) is 0 Å². The fourth-order valence-corrected chi connectivity index (χ4v) is 3.10. The van der Waals surface area contributed by atoms with Gasteiger partial charge in [-0.2, -0.15) is 11.3 Å². The summed E-state index contributed by atoms with van der Waals surface area (Å²) < 4.78 is 7.01. The first-order valence-electron chi connectivity index (χ1n) is 6.87. The summed E-state index contributed by atoms with van der Waals surface area (Å²) in [6.07, 6.45) is 2.77. The van der Waals surface area contributed by atoms with E-state index in [4.69, 9.17) is 10.5 Å². The van der Waals surface area contributed by atoms with Crippen LogP contribution in [0, 0.1) is 0 Å². The van der Waals surface area contributed by atoms with Gasteiger partial charge in [-0.25, -0.2) is 0 Å². The molecule has 1 aromatic carbocycles. The molecule has 0 radical (unpaired) electrons. The van der Waals surface area contributed by atoms with Crippen molar-refractivity contribution in [2.24, 2.45) is 5.73 Å². The van der Waals surface area contributed by atoms with Gasteiger partial charge in [-0.1, -0.05) is 22.9 Å². The van der Waals surface area contributed by atoms with Crippen molar-refractivity contribution in [2.75, 3.05) is 6.61 Å². The maximum absolute atomic E-state index is 6.06. The summed E-state index contributed by atoms with van der Waals surface area (Å²) in [5.41, 5.74) is 8.57. The lowest BCUT2D eigenvalue weighted by Crippen LogP contribution is -2.21. The van der Waals surface area contributed by atoms with Crippen LogP contribution in [0.3, 0.4) is 0 Å². The van der Waals surface area contributed by atoms with Gasteiger partial charge in [-0.15, -0.1) is 0 Å². The molecule has 2 nitrogen and oxygen atoms in total. The molecule has 4 heteroatoms. The van der Waals surface area contributed by atoms with E-state index in [0.717, 1.165) is 29.5 Å². The van der Waals surface area contributed by atoms with E-state index >= 15 is 0 Å². The molecule has 108 valence electrons. The third-order valence-electron chi connectivity index (χ3n) is 3.26. The van der Waals surface area contributed by atoms with Crippen LogP contribution < -0.4 is 10.5 Å². The fourth-order valence-electron chi connectivity index (χ4n) is 1.99. The van der Waals surface area contributed by atoms with Crippen molar-refractivity contribution in [3.8, 4) is 5.75 Å². The highest BCUT2D eigenvalue weighted by atomic mass is 79.9. The highest BCUT2D eigenvalue weighted by Crippen LogP contribution is 2.25. The monoisotopic (exact) mass is 353 g/mol. The van der Waals surface area contributed by atoms with Crippen LogP contribution in [0.1, 0.15) is 24.5 Å². The van der Waals surface area contributed by atoms with Crippen molar-refractivity contribution in [2.45, 2.75) is 32.2 Å². The summed E-state index contributed by atoms with van der Waals surface area (Å²) in [5, 5.41) is 4.26. The Morgan fingerprint density at radius 1 is 1.35 bits per heavy atom. The average Bonchev–Trinajstić information content (AvgIpc) is 2.94. The van der Waals surface area contributed by atoms with Gasteiger partial charge in [0.05, 0.1) is 6.61 Å². The SMILES string of the molecule is CCC(N)Cc1cc(Br)ccc1OCCc1ccsc1. The predicted octanol–water partition coefficient (Wildman–Crippen LogP) is 4.41. The van der Waals surface area contributed by atoms with E-state index in [9.17, 15) is 0 Å². The zero-order valence-corrected chi connectivity index (χ0v) is 14.0. The average molecular weight is 354 g/mol. The molecule has 0 saturated heterocycles. The van der Waals surface area contributed by atoms with E-state index in [2.05, 4.69) is 45.7 Å². The zero-order valence-electron chi connectivity index (χ0n) is 11.6. The van der Waals surface area contributed by atoms with Gasteiger partial charge in [-0.3, -0.25) is 0 Å². The van der Waals surface area contributed by atoms with Crippen molar-refractivity contribution in [1.29, 1.82) is 0 Å². The van der Waals surface area contributed by atoms with Gasteiger partial charge in [0.2, 0.25) is 0 Å². The van der Waals surface area contributed by atoms with Crippen molar-refractivity contribution in [3.05, 3.63) is 50.6 Å². The molecule has 2 aromatic rings. The molecule has 0 amide bonds. The minimum absolute atomic E-state index is 0.184. The van der Waals surface area contributed by atoms with Crippen LogP contribution in [0.15, 0.2) is 39.5 Å². The molecule has 0 spiro atoms. The molecule has 1 aromatic heterocycles. The first kappa shape index (κ1) is 15.5. The molecule has 1 atom stereocenters. The maximum Gasteiger partial charge on any atom is 0.122 e. The first-order valence-corrected chi connectivity index (χ1v) is 8.60. The number of hydrogen-bond acceptors (Lipinski definition) is 3. The van der Waals surface area contributed by atoms with Crippen LogP contribution in [0.4, 0.5) is 0 Å². The Kier molecular flexibility index (Phi) is 6.07. The van der Waals surface area contributed by atoms with E-state index in [1.54, 1.807) is 11.3 Å². The van der Waals surface area contributed by atoms with E-state index in [1.807, 2.05) is 12.1 Å². The quantitative estimate of drug-likeness (QED) is 0.799. The highest BCUT2D eigenvalue weighted by Gasteiger charge is 2.09. The third kappa shape index (κ3) is 4.62. The van der Waals surface area contributed by atoms with Crippen LogP contribution in [-0.4, -0.2) is 12.6 Å². The minimum Gasteiger partial charge on any atom is -0.493 e. The normalized spacial score (nSPS) is 12.3. The Balaban J connectivity index is 1.98. The molecule has 20 heavy (non-hydrogen) atoms. The second kappa shape index (κ2) is 7.81. The summed E-state index contributed by atoms with van der Waals surface area (Å²) in [6.45, 7) is 2.81. The van der Waals surface area contributed by atoms with Gasteiger partial charge in [0.1, 0.15) is 5.75 Å². The lowest BCUT2D eigenvalue weighted by molar-refractivity contribution is 0.318. The van der Waals surface area contributed by atoms with Crippen molar-refractivity contribution in [3.63, 3.8) is 0 Å². The Hall–Kier alpha value is -0.840. The Labute approximate surface area is 133 Å². The van der Waals surface area contributed by atoms with E-state index in [-0.39, 0.29) is 6.04 Å². The maximum atomic E-state index is 6.06. The van der Waals surface area contributed by atoms with E-state index < -0.39 is 0 Å². The number of ether oxygens (including phenoxy) is 1. The number of hydrogen-bond donors (Lipinski definition) is 1. The standard InChI is InChI=1S/C16H20BrNOS/c1-2-15(18)10-13-9-14(17)3-4-16(13)19-7-5-12-6-8-20-11-12/h3-4,6,8-9,11,15H,2,5,7,10,18H2,1H3. The number of benzene rings is 1. The summed E-state index contributed by atoms with van der Waals surface area (Å²) in [5.74, 6) is 0.951. The van der Waals surface area contributed by atoms with Crippen molar-refractivity contribution < 1.29 is 4.74 Å². The first-order chi connectivity index (χ1) is 9.69. The lowest BCUT2D eigenvalue weighted by Gasteiger charge is -2.15. The lowest BCUT2D eigenvalue weighted by atomic mass is 10.0. The summed E-state index contributed by atoms with van der Waals surface area (Å²) in [6, 6.07) is 8.47. The molecular weight excluding hydrogens is 334 g/mol. The summed E-state index contributed by atoms with van der Waals surface area (Å²) >= 11 is 5.24. The van der Waals surface area contributed by atoms with Gasteiger partial charge in [0, 0.05) is 16.9 Å². The largest absolute Gasteiger partial charge is 0.493 e. The summed E-state index contributed by atoms with van der Waals surface area (Å²) in [7, 11) is 0. The molecule has 1 unspecified atom stereocenters. The number of halogens is 1. The number of nitrogens with two attached hydrogens (primary N) is 1. The Morgan fingerprint density at radius 3 is 2.90 bits per heavy atom. The molecule has 0 fully saturated rings. The molecule has 0 aliphatic rings. The molecule has 0 aliphatic carbocycles. The van der Waals surface area contributed by atoms with Crippen LogP contribution >= 0.6 is 27.3 Å². The number of thiophene rings is 1. The molecule has 0 saturated carbocycles. The minimum atomic E-state index is 0.184. The molecule has 0 aliphatic heterocycles. The van der Waals surface area contributed by atoms with Gasteiger partial charge in [0.15, 0.2) is 0 Å². The Morgan fingerprint density at radius 2 is 2.20 bits per heavy atom. The zero-order chi connectivity index (χ0) is 14.4. The van der Waals surface area contributed by atoms with Gasteiger partial charge in [0.25, 0.3) is 0 Å². The smallest absolute Gasteiger partial charge is 0.122 e. The van der Waals surface area contributed by atoms with Gasteiger partial charge >= 0.3 is 0 Å². The van der Waals surface area contributed by atoms with Gasteiger partial charge < -0.3 is 10.5 Å².